The molecule has 0 saturated carbocycles. The quantitative estimate of drug-likeness (QED) is 0.914. The van der Waals surface area contributed by atoms with Gasteiger partial charge >= 0.3 is 0 Å². The van der Waals surface area contributed by atoms with Crippen molar-refractivity contribution in [3.8, 4) is 0 Å². The molecule has 0 aliphatic heterocycles. The molecule has 0 atom stereocenters. The van der Waals surface area contributed by atoms with Crippen molar-refractivity contribution in [2.45, 2.75) is 0 Å². The number of nitrogens with zero attached hydrogens (tertiary/aromatic N) is 2. The molecule has 1 aromatic carbocycles. The molecule has 1 aromatic heterocycles. The van der Waals surface area contributed by atoms with E-state index in [0.29, 0.717) is 11.2 Å². The standard InChI is InChI=1S/C14H16FN3O2/c1-17(2)13(19)8-16-14(20)12-6-9-4-5-10(15)7-11(9)18(12)3/h4-7H,8H2,1-3H3,(H,16,20). The van der Waals surface area contributed by atoms with Crippen LogP contribution in [0.5, 0.6) is 0 Å². The van der Waals surface area contributed by atoms with Crippen LogP contribution in [0, 0.1) is 5.82 Å². The van der Waals surface area contributed by atoms with Crippen molar-refractivity contribution in [1.82, 2.24) is 14.8 Å². The van der Waals surface area contributed by atoms with Gasteiger partial charge in [-0.25, -0.2) is 4.39 Å². The molecule has 2 amide bonds. The Balaban J connectivity index is 2.22. The lowest BCUT2D eigenvalue weighted by molar-refractivity contribution is -0.127. The maximum absolute atomic E-state index is 13.2. The monoisotopic (exact) mass is 277 g/mol. The molecule has 0 saturated heterocycles. The van der Waals surface area contributed by atoms with Crippen LogP contribution in [0.25, 0.3) is 10.9 Å². The number of carbonyl (C=O) groups is 2. The number of carbonyl (C=O) groups excluding carboxylic acids is 2. The Morgan fingerprint density at radius 3 is 2.65 bits per heavy atom. The highest BCUT2D eigenvalue weighted by atomic mass is 19.1. The van der Waals surface area contributed by atoms with Crippen LogP contribution >= 0.6 is 0 Å². The van der Waals surface area contributed by atoms with Crippen molar-refractivity contribution < 1.29 is 14.0 Å². The number of nitrogens with one attached hydrogen (secondary N) is 1. The highest BCUT2D eigenvalue weighted by molar-refractivity contribution is 6.00. The van der Waals surface area contributed by atoms with Gasteiger partial charge in [0.25, 0.3) is 5.91 Å². The van der Waals surface area contributed by atoms with Gasteiger partial charge in [0.05, 0.1) is 12.1 Å². The fourth-order valence-electron chi connectivity index (χ4n) is 1.93. The van der Waals surface area contributed by atoms with Crippen LogP contribution in [0.3, 0.4) is 0 Å². The van der Waals surface area contributed by atoms with Crippen molar-refractivity contribution in [3.63, 3.8) is 0 Å². The molecule has 2 aromatic rings. The second-order valence-electron chi connectivity index (χ2n) is 4.76. The largest absolute Gasteiger partial charge is 0.347 e. The first-order valence-electron chi connectivity index (χ1n) is 6.13. The number of likely N-dealkylation sites (N-methyl/N-ethyl adjacent to an activating group) is 1. The second kappa shape index (κ2) is 5.32. The van der Waals surface area contributed by atoms with Gasteiger partial charge in [0.2, 0.25) is 5.91 Å². The van der Waals surface area contributed by atoms with Crippen molar-refractivity contribution in [2.24, 2.45) is 7.05 Å². The predicted octanol–water partition coefficient (Wildman–Crippen LogP) is 1.14. The normalized spacial score (nSPS) is 10.6. The third-order valence-corrected chi connectivity index (χ3v) is 3.14. The Kier molecular flexibility index (Phi) is 3.74. The highest BCUT2D eigenvalue weighted by Crippen LogP contribution is 2.19. The molecule has 1 heterocycles. The number of fused-ring (bicyclic) bond motifs is 1. The zero-order chi connectivity index (χ0) is 14.9. The van der Waals surface area contributed by atoms with E-state index in [0.717, 1.165) is 5.39 Å². The first kappa shape index (κ1) is 14.0. The molecule has 0 bridgehead atoms. The molecular weight excluding hydrogens is 261 g/mol. The van der Waals surface area contributed by atoms with Crippen LogP contribution in [0.15, 0.2) is 24.3 Å². The van der Waals surface area contributed by atoms with Crippen molar-refractivity contribution in [2.75, 3.05) is 20.6 Å². The smallest absolute Gasteiger partial charge is 0.268 e. The third kappa shape index (κ3) is 2.64. The van der Waals surface area contributed by atoms with Gasteiger partial charge in [-0.3, -0.25) is 9.59 Å². The van der Waals surface area contributed by atoms with Crippen LogP contribution < -0.4 is 5.32 Å². The summed E-state index contributed by atoms with van der Waals surface area (Å²) in [5.74, 6) is -0.907. The number of benzene rings is 1. The summed E-state index contributed by atoms with van der Waals surface area (Å²) in [5, 5.41) is 3.33. The van der Waals surface area contributed by atoms with E-state index < -0.39 is 0 Å². The SMILES string of the molecule is CN(C)C(=O)CNC(=O)c1cc2ccc(F)cc2n1C. The summed E-state index contributed by atoms with van der Waals surface area (Å²) in [5.41, 5.74) is 1.02. The van der Waals surface area contributed by atoms with Gasteiger partial charge < -0.3 is 14.8 Å². The molecule has 6 heteroatoms. The number of aryl methyl sites for hydroxylation is 1. The van der Waals surface area contributed by atoms with Gasteiger partial charge in [0.15, 0.2) is 0 Å². The van der Waals surface area contributed by atoms with Crippen molar-refractivity contribution in [3.05, 3.63) is 35.8 Å². The number of hydrogen-bond donors (Lipinski definition) is 1. The van der Waals surface area contributed by atoms with Crippen molar-refractivity contribution in [1.29, 1.82) is 0 Å². The van der Waals surface area contributed by atoms with E-state index in [1.165, 1.54) is 17.0 Å². The molecule has 0 spiro atoms. The van der Waals surface area contributed by atoms with Crippen LogP contribution in [-0.2, 0) is 11.8 Å². The van der Waals surface area contributed by atoms with Crippen LogP contribution in [0.2, 0.25) is 0 Å². The summed E-state index contributed by atoms with van der Waals surface area (Å²) in [4.78, 5) is 24.9. The van der Waals surface area contributed by atoms with Gasteiger partial charge in [-0.2, -0.15) is 0 Å². The zero-order valence-corrected chi connectivity index (χ0v) is 11.6. The van der Waals surface area contributed by atoms with Gasteiger partial charge in [0.1, 0.15) is 11.5 Å². The molecule has 0 unspecified atom stereocenters. The van der Waals surface area contributed by atoms with E-state index in [2.05, 4.69) is 5.32 Å². The average Bonchev–Trinajstić information content (AvgIpc) is 2.73. The van der Waals surface area contributed by atoms with Gasteiger partial charge in [0, 0.05) is 26.5 Å². The molecule has 0 radical (unpaired) electrons. The minimum absolute atomic E-state index is 0.0677. The molecule has 2 rings (SSSR count). The minimum Gasteiger partial charge on any atom is -0.347 e. The molecule has 106 valence electrons. The van der Waals surface area contributed by atoms with E-state index in [4.69, 9.17) is 0 Å². The molecular formula is C14H16FN3O2. The Labute approximate surface area is 116 Å². The van der Waals surface area contributed by atoms with E-state index in [-0.39, 0.29) is 24.2 Å². The summed E-state index contributed by atoms with van der Waals surface area (Å²) in [6.45, 7) is -0.0677. The maximum Gasteiger partial charge on any atom is 0.268 e. The van der Waals surface area contributed by atoms with E-state index in [1.54, 1.807) is 37.8 Å². The summed E-state index contributed by atoms with van der Waals surface area (Å²) < 4.78 is 14.8. The van der Waals surface area contributed by atoms with Crippen LogP contribution in [0.1, 0.15) is 10.5 Å². The number of amides is 2. The molecule has 5 nitrogen and oxygen atoms in total. The molecule has 0 aliphatic rings. The summed E-state index contributed by atoms with van der Waals surface area (Å²) >= 11 is 0. The lowest BCUT2D eigenvalue weighted by atomic mass is 10.2. The van der Waals surface area contributed by atoms with E-state index in [9.17, 15) is 14.0 Å². The summed E-state index contributed by atoms with van der Waals surface area (Å²) in [6.07, 6.45) is 0. The van der Waals surface area contributed by atoms with Crippen molar-refractivity contribution >= 4 is 22.7 Å². The summed E-state index contributed by atoms with van der Waals surface area (Å²) in [6, 6.07) is 6.01. The van der Waals surface area contributed by atoms with Crippen LogP contribution in [-0.4, -0.2) is 41.9 Å². The Morgan fingerprint density at radius 1 is 1.30 bits per heavy atom. The summed E-state index contributed by atoms with van der Waals surface area (Å²) in [7, 11) is 4.92. The topological polar surface area (TPSA) is 54.3 Å². The fraction of sp³-hybridized carbons (Fsp3) is 0.286. The molecule has 20 heavy (non-hydrogen) atoms. The molecule has 0 fully saturated rings. The number of aromatic nitrogens is 1. The first-order chi connectivity index (χ1) is 9.40. The third-order valence-electron chi connectivity index (χ3n) is 3.14. The lowest BCUT2D eigenvalue weighted by Crippen LogP contribution is -2.36. The van der Waals surface area contributed by atoms with E-state index >= 15 is 0 Å². The highest BCUT2D eigenvalue weighted by Gasteiger charge is 2.15. The van der Waals surface area contributed by atoms with Gasteiger partial charge in [-0.05, 0) is 24.3 Å². The van der Waals surface area contributed by atoms with Gasteiger partial charge in [-0.15, -0.1) is 0 Å². The predicted molar refractivity (Wildman–Crippen MR) is 73.9 cm³/mol. The number of rotatable bonds is 3. The number of hydrogen-bond acceptors (Lipinski definition) is 2. The zero-order valence-electron chi connectivity index (χ0n) is 11.6. The Bertz CT molecular complexity index is 676. The molecule has 1 N–H and O–H groups in total. The lowest BCUT2D eigenvalue weighted by Gasteiger charge is -2.11. The molecule has 0 aliphatic carbocycles. The van der Waals surface area contributed by atoms with Gasteiger partial charge in [-0.1, -0.05) is 0 Å². The average molecular weight is 277 g/mol. The van der Waals surface area contributed by atoms with Crippen LogP contribution in [0.4, 0.5) is 4.39 Å². The Hall–Kier alpha value is -2.37. The minimum atomic E-state index is -0.362. The number of halogens is 1. The second-order valence-corrected chi connectivity index (χ2v) is 4.76. The Morgan fingerprint density at radius 2 is 2.00 bits per heavy atom. The maximum atomic E-state index is 13.2. The van der Waals surface area contributed by atoms with E-state index in [1.807, 2.05) is 0 Å². The first-order valence-corrected chi connectivity index (χ1v) is 6.13. The fourth-order valence-corrected chi connectivity index (χ4v) is 1.93.